The molecule has 1 aromatic rings. The van der Waals surface area contributed by atoms with Crippen molar-refractivity contribution in [1.82, 2.24) is 10.2 Å². The SMILES string of the molecule is CCN(CC)C(=O)c1ccc(NC(=O)C2(C)CCCCN2)cc1. The van der Waals surface area contributed by atoms with E-state index in [0.29, 0.717) is 18.7 Å². The van der Waals surface area contributed by atoms with Crippen LogP contribution in [0.1, 0.15) is 50.4 Å². The predicted molar refractivity (Wildman–Crippen MR) is 92.6 cm³/mol. The summed E-state index contributed by atoms with van der Waals surface area (Å²) in [5, 5.41) is 6.25. The van der Waals surface area contributed by atoms with Crippen LogP contribution in [0, 0.1) is 0 Å². The van der Waals surface area contributed by atoms with Gasteiger partial charge in [-0.3, -0.25) is 9.59 Å². The molecule has 1 fully saturated rings. The second-order valence-electron chi connectivity index (χ2n) is 6.22. The summed E-state index contributed by atoms with van der Waals surface area (Å²) in [6.07, 6.45) is 3.02. The smallest absolute Gasteiger partial charge is 0.253 e. The number of carbonyl (C=O) groups is 2. The maximum atomic E-state index is 12.5. The molecule has 2 amide bonds. The zero-order valence-electron chi connectivity index (χ0n) is 14.3. The first-order valence-electron chi connectivity index (χ1n) is 8.46. The zero-order chi connectivity index (χ0) is 16.9. The summed E-state index contributed by atoms with van der Waals surface area (Å²) >= 11 is 0. The lowest BCUT2D eigenvalue weighted by atomic mass is 9.90. The highest BCUT2D eigenvalue weighted by atomic mass is 16.2. The summed E-state index contributed by atoms with van der Waals surface area (Å²) in [5.41, 5.74) is 0.863. The van der Waals surface area contributed by atoms with Crippen LogP contribution in [0.3, 0.4) is 0 Å². The highest BCUT2D eigenvalue weighted by Crippen LogP contribution is 2.21. The molecule has 0 bridgehead atoms. The van der Waals surface area contributed by atoms with Crippen LogP contribution in [0.4, 0.5) is 5.69 Å². The van der Waals surface area contributed by atoms with E-state index in [4.69, 9.17) is 0 Å². The van der Waals surface area contributed by atoms with Crippen molar-refractivity contribution in [2.24, 2.45) is 0 Å². The van der Waals surface area contributed by atoms with Gasteiger partial charge in [-0.25, -0.2) is 0 Å². The van der Waals surface area contributed by atoms with Gasteiger partial charge in [0.25, 0.3) is 5.91 Å². The minimum Gasteiger partial charge on any atom is -0.339 e. The van der Waals surface area contributed by atoms with Crippen molar-refractivity contribution in [3.05, 3.63) is 29.8 Å². The fourth-order valence-electron chi connectivity index (χ4n) is 2.91. The van der Waals surface area contributed by atoms with Gasteiger partial charge in [0.1, 0.15) is 0 Å². The second-order valence-corrected chi connectivity index (χ2v) is 6.22. The minimum atomic E-state index is -0.506. The number of nitrogens with one attached hydrogen (secondary N) is 2. The Morgan fingerprint density at radius 3 is 2.35 bits per heavy atom. The van der Waals surface area contributed by atoms with Gasteiger partial charge in [-0.05, 0) is 70.8 Å². The van der Waals surface area contributed by atoms with E-state index < -0.39 is 5.54 Å². The molecule has 2 N–H and O–H groups in total. The average Bonchev–Trinajstić information content (AvgIpc) is 2.57. The van der Waals surface area contributed by atoms with Crippen LogP contribution in [0.15, 0.2) is 24.3 Å². The van der Waals surface area contributed by atoms with E-state index in [1.807, 2.05) is 20.8 Å². The molecule has 1 aromatic carbocycles. The Hall–Kier alpha value is -1.88. The lowest BCUT2D eigenvalue weighted by Crippen LogP contribution is -2.54. The maximum Gasteiger partial charge on any atom is 0.253 e. The fourth-order valence-corrected chi connectivity index (χ4v) is 2.91. The molecule has 126 valence electrons. The lowest BCUT2D eigenvalue weighted by molar-refractivity contribution is -0.122. The lowest BCUT2D eigenvalue weighted by Gasteiger charge is -2.33. The number of hydrogen-bond donors (Lipinski definition) is 2. The Morgan fingerprint density at radius 1 is 1.17 bits per heavy atom. The summed E-state index contributed by atoms with van der Waals surface area (Å²) < 4.78 is 0. The van der Waals surface area contributed by atoms with Gasteiger partial charge in [0.2, 0.25) is 5.91 Å². The van der Waals surface area contributed by atoms with E-state index in [1.165, 1.54) is 0 Å². The molecule has 1 heterocycles. The molecule has 1 aliphatic heterocycles. The summed E-state index contributed by atoms with van der Waals surface area (Å²) in [4.78, 5) is 26.5. The fraction of sp³-hybridized carbons (Fsp3) is 0.556. The first-order valence-corrected chi connectivity index (χ1v) is 8.46. The standard InChI is InChI=1S/C18H27N3O2/c1-4-21(5-2)16(22)14-8-10-15(11-9-14)20-17(23)18(3)12-6-7-13-19-18/h8-11,19H,4-7,12-13H2,1-3H3,(H,20,23). The summed E-state index contributed by atoms with van der Waals surface area (Å²) in [6, 6.07) is 7.13. The molecule has 0 radical (unpaired) electrons. The molecule has 1 aliphatic rings. The molecule has 0 spiro atoms. The number of nitrogens with zero attached hydrogens (tertiary/aromatic N) is 1. The molecule has 1 saturated heterocycles. The molecule has 1 unspecified atom stereocenters. The van der Waals surface area contributed by atoms with Crippen LogP contribution in [0.25, 0.3) is 0 Å². The summed E-state index contributed by atoms with van der Waals surface area (Å²) in [6.45, 7) is 8.14. The van der Waals surface area contributed by atoms with Gasteiger partial charge in [-0.2, -0.15) is 0 Å². The van der Waals surface area contributed by atoms with Gasteiger partial charge in [0, 0.05) is 24.3 Å². The zero-order valence-corrected chi connectivity index (χ0v) is 14.3. The molecule has 0 aliphatic carbocycles. The van der Waals surface area contributed by atoms with Crippen molar-refractivity contribution < 1.29 is 9.59 Å². The number of piperidine rings is 1. The number of benzene rings is 1. The Labute approximate surface area is 138 Å². The van der Waals surface area contributed by atoms with E-state index in [0.717, 1.165) is 31.5 Å². The van der Waals surface area contributed by atoms with Crippen LogP contribution in [-0.2, 0) is 4.79 Å². The molecule has 23 heavy (non-hydrogen) atoms. The first-order chi connectivity index (χ1) is 11.0. The molecule has 5 nitrogen and oxygen atoms in total. The van der Waals surface area contributed by atoms with Crippen LogP contribution >= 0.6 is 0 Å². The monoisotopic (exact) mass is 317 g/mol. The van der Waals surface area contributed by atoms with Crippen molar-refractivity contribution in [2.45, 2.75) is 45.6 Å². The second kappa shape index (κ2) is 7.59. The van der Waals surface area contributed by atoms with Crippen molar-refractivity contribution in [3.8, 4) is 0 Å². The van der Waals surface area contributed by atoms with Crippen molar-refractivity contribution in [1.29, 1.82) is 0 Å². The Kier molecular flexibility index (Phi) is 5.77. The third-order valence-electron chi connectivity index (χ3n) is 4.56. The topological polar surface area (TPSA) is 61.4 Å². The molecule has 1 atom stereocenters. The number of rotatable bonds is 5. The molecule has 5 heteroatoms. The van der Waals surface area contributed by atoms with E-state index in [2.05, 4.69) is 10.6 Å². The van der Waals surface area contributed by atoms with E-state index in [-0.39, 0.29) is 11.8 Å². The summed E-state index contributed by atoms with van der Waals surface area (Å²) in [5.74, 6) is 0.00815. The van der Waals surface area contributed by atoms with Gasteiger partial charge in [0.15, 0.2) is 0 Å². The molecule has 0 aromatic heterocycles. The third kappa shape index (κ3) is 4.10. The number of anilines is 1. The highest BCUT2D eigenvalue weighted by Gasteiger charge is 2.34. The maximum absolute atomic E-state index is 12.5. The Bertz CT molecular complexity index is 544. The Morgan fingerprint density at radius 2 is 1.83 bits per heavy atom. The van der Waals surface area contributed by atoms with Crippen LogP contribution < -0.4 is 10.6 Å². The van der Waals surface area contributed by atoms with E-state index in [9.17, 15) is 9.59 Å². The number of hydrogen-bond acceptors (Lipinski definition) is 3. The quantitative estimate of drug-likeness (QED) is 0.877. The average molecular weight is 317 g/mol. The van der Waals surface area contributed by atoms with Crippen LogP contribution in [0.5, 0.6) is 0 Å². The number of amides is 2. The molecular formula is C18H27N3O2. The largest absolute Gasteiger partial charge is 0.339 e. The van der Waals surface area contributed by atoms with Gasteiger partial charge in [-0.15, -0.1) is 0 Å². The van der Waals surface area contributed by atoms with E-state index in [1.54, 1.807) is 29.2 Å². The van der Waals surface area contributed by atoms with Gasteiger partial charge < -0.3 is 15.5 Å². The Balaban J connectivity index is 2.02. The normalized spacial score (nSPS) is 20.8. The highest BCUT2D eigenvalue weighted by molar-refractivity contribution is 5.99. The van der Waals surface area contributed by atoms with Crippen molar-refractivity contribution >= 4 is 17.5 Å². The van der Waals surface area contributed by atoms with Crippen molar-refractivity contribution in [3.63, 3.8) is 0 Å². The van der Waals surface area contributed by atoms with Gasteiger partial charge in [-0.1, -0.05) is 0 Å². The number of carbonyl (C=O) groups excluding carboxylic acids is 2. The van der Waals surface area contributed by atoms with Gasteiger partial charge in [0.05, 0.1) is 5.54 Å². The molecule has 2 rings (SSSR count). The summed E-state index contributed by atoms with van der Waals surface area (Å²) in [7, 11) is 0. The minimum absolute atomic E-state index is 0.0139. The first kappa shape index (κ1) is 17.5. The van der Waals surface area contributed by atoms with Crippen LogP contribution in [-0.4, -0.2) is 41.9 Å². The van der Waals surface area contributed by atoms with Crippen molar-refractivity contribution in [2.75, 3.05) is 25.0 Å². The molecular weight excluding hydrogens is 290 g/mol. The van der Waals surface area contributed by atoms with Gasteiger partial charge >= 0.3 is 0 Å². The molecule has 0 saturated carbocycles. The predicted octanol–water partition coefficient (Wildman–Crippen LogP) is 2.64. The van der Waals surface area contributed by atoms with E-state index >= 15 is 0 Å². The third-order valence-corrected chi connectivity index (χ3v) is 4.56. The van der Waals surface area contributed by atoms with Crippen LogP contribution in [0.2, 0.25) is 0 Å².